The van der Waals surface area contributed by atoms with Gasteiger partial charge in [-0.1, -0.05) is 0 Å². The Bertz CT molecular complexity index is 464. The highest BCUT2D eigenvalue weighted by atomic mass is 79.9. The van der Waals surface area contributed by atoms with Gasteiger partial charge in [0.05, 0.1) is 12.3 Å². The molecule has 2 rings (SSSR count). The van der Waals surface area contributed by atoms with Crippen LogP contribution in [0.3, 0.4) is 0 Å². The molecule has 19 heavy (non-hydrogen) atoms. The van der Waals surface area contributed by atoms with Gasteiger partial charge in [-0.3, -0.25) is 10.3 Å². The van der Waals surface area contributed by atoms with Crippen LogP contribution in [0, 0.1) is 5.92 Å². The van der Waals surface area contributed by atoms with Crippen LogP contribution in [0.25, 0.3) is 0 Å². The number of rotatable bonds is 6. The van der Waals surface area contributed by atoms with Crippen molar-refractivity contribution in [2.75, 3.05) is 13.2 Å². The van der Waals surface area contributed by atoms with Crippen molar-refractivity contribution in [2.45, 2.75) is 25.8 Å². The number of ether oxygens (including phenoxy) is 1. The van der Waals surface area contributed by atoms with Gasteiger partial charge >= 0.3 is 5.97 Å². The fourth-order valence-corrected chi connectivity index (χ4v) is 2.98. The van der Waals surface area contributed by atoms with Crippen LogP contribution in [-0.2, 0) is 9.53 Å². The quantitative estimate of drug-likeness (QED) is 0.756. The lowest BCUT2D eigenvalue weighted by atomic mass is 10.2. The summed E-state index contributed by atoms with van der Waals surface area (Å²) in [6, 6.07) is 1.37. The number of nitrogens with zero attached hydrogens (tertiary/aromatic N) is 1. The molecule has 4 nitrogen and oxygen atoms in total. The highest BCUT2D eigenvalue weighted by Crippen LogP contribution is 2.30. The van der Waals surface area contributed by atoms with Crippen LogP contribution in [0.4, 0.5) is 0 Å². The maximum atomic E-state index is 12.1. The number of carbonyl (C=O) groups is 1. The molecule has 1 aromatic heterocycles. The van der Waals surface area contributed by atoms with E-state index >= 15 is 0 Å². The average molecular weight is 392 g/mol. The molecule has 104 valence electrons. The Morgan fingerprint density at radius 1 is 1.58 bits per heavy atom. The summed E-state index contributed by atoms with van der Waals surface area (Å²) in [4.78, 5) is 16.4. The van der Waals surface area contributed by atoms with Gasteiger partial charge in [0.1, 0.15) is 6.04 Å². The average Bonchev–Trinajstić information content (AvgIpc) is 3.16. The first kappa shape index (κ1) is 14.9. The van der Waals surface area contributed by atoms with Crippen molar-refractivity contribution < 1.29 is 9.53 Å². The molecule has 0 amide bonds. The van der Waals surface area contributed by atoms with Crippen LogP contribution >= 0.6 is 31.9 Å². The molecule has 0 aromatic carbocycles. The smallest absolute Gasteiger partial charge is 0.329 e. The number of nitrogens with one attached hydrogen (secondary N) is 1. The number of carbonyl (C=O) groups excluding carboxylic acids is 1. The number of halogens is 2. The first-order valence-corrected chi connectivity index (χ1v) is 7.91. The molecule has 1 saturated carbocycles. The summed E-state index contributed by atoms with van der Waals surface area (Å²) in [6.07, 6.45) is 4.15. The zero-order valence-electron chi connectivity index (χ0n) is 10.7. The van der Waals surface area contributed by atoms with Crippen molar-refractivity contribution in [1.29, 1.82) is 0 Å². The van der Waals surface area contributed by atoms with Crippen LogP contribution < -0.4 is 5.32 Å². The summed E-state index contributed by atoms with van der Waals surface area (Å²) >= 11 is 6.81. The van der Waals surface area contributed by atoms with E-state index in [1.165, 1.54) is 12.8 Å². The summed E-state index contributed by atoms with van der Waals surface area (Å²) in [5, 5.41) is 3.26. The molecule has 0 saturated heterocycles. The van der Waals surface area contributed by atoms with Crippen molar-refractivity contribution in [3.8, 4) is 0 Å². The van der Waals surface area contributed by atoms with E-state index in [9.17, 15) is 4.79 Å². The van der Waals surface area contributed by atoms with Gasteiger partial charge in [0.2, 0.25) is 0 Å². The summed E-state index contributed by atoms with van der Waals surface area (Å²) in [5.74, 6) is 0.407. The first-order chi connectivity index (χ1) is 9.11. The Morgan fingerprint density at radius 3 is 2.89 bits per heavy atom. The molecule has 1 aliphatic rings. The largest absolute Gasteiger partial charge is 0.465 e. The molecule has 0 bridgehead atoms. The lowest BCUT2D eigenvalue weighted by Crippen LogP contribution is -2.32. The number of aromatic nitrogens is 1. The zero-order valence-corrected chi connectivity index (χ0v) is 13.8. The number of hydrogen-bond donors (Lipinski definition) is 1. The van der Waals surface area contributed by atoms with Gasteiger partial charge in [0.15, 0.2) is 0 Å². The van der Waals surface area contributed by atoms with Crippen molar-refractivity contribution in [1.82, 2.24) is 10.3 Å². The molecule has 1 atom stereocenters. The minimum atomic E-state index is -0.511. The second-order valence-electron chi connectivity index (χ2n) is 4.56. The van der Waals surface area contributed by atoms with Crippen LogP contribution in [0.2, 0.25) is 0 Å². The molecule has 1 fully saturated rings. The van der Waals surface area contributed by atoms with Crippen molar-refractivity contribution in [3.05, 3.63) is 26.9 Å². The molecule has 0 aliphatic heterocycles. The Morgan fingerprint density at radius 2 is 2.32 bits per heavy atom. The van der Waals surface area contributed by atoms with E-state index in [4.69, 9.17) is 4.74 Å². The molecule has 0 spiro atoms. The summed E-state index contributed by atoms with van der Waals surface area (Å²) in [5.41, 5.74) is 0.669. The standard InChI is InChI=1S/C13H16Br2N2O2/c1-2-19-13(18)12(16-6-8-3-4-8)11-10(15)5-9(14)7-17-11/h5,7-8,12,16H,2-4,6H2,1H3. The highest BCUT2D eigenvalue weighted by molar-refractivity contribution is 9.11. The number of pyridine rings is 1. The van der Waals surface area contributed by atoms with Gasteiger partial charge in [-0.05, 0) is 70.2 Å². The minimum absolute atomic E-state index is 0.279. The number of hydrogen-bond acceptors (Lipinski definition) is 4. The molecule has 1 heterocycles. The number of esters is 1. The third kappa shape index (κ3) is 4.26. The van der Waals surface area contributed by atoms with Crippen molar-refractivity contribution in [2.24, 2.45) is 5.92 Å². The normalized spacial score (nSPS) is 16.2. The van der Waals surface area contributed by atoms with Crippen LogP contribution in [0.1, 0.15) is 31.5 Å². The third-order valence-corrected chi connectivity index (χ3v) is 4.01. The van der Waals surface area contributed by atoms with Crippen LogP contribution in [-0.4, -0.2) is 24.1 Å². The summed E-state index contributed by atoms with van der Waals surface area (Å²) < 4.78 is 6.79. The Labute approximate surface area is 129 Å². The minimum Gasteiger partial charge on any atom is -0.465 e. The molecular formula is C13H16Br2N2O2. The predicted molar refractivity (Wildman–Crippen MR) is 79.7 cm³/mol. The summed E-state index contributed by atoms with van der Waals surface area (Å²) in [7, 11) is 0. The lowest BCUT2D eigenvalue weighted by Gasteiger charge is -2.18. The Hall–Kier alpha value is -0.460. The van der Waals surface area contributed by atoms with E-state index in [1.54, 1.807) is 13.1 Å². The maximum Gasteiger partial charge on any atom is 0.329 e. The van der Waals surface area contributed by atoms with Gasteiger partial charge in [0, 0.05) is 15.1 Å². The van der Waals surface area contributed by atoms with E-state index in [-0.39, 0.29) is 5.97 Å². The molecule has 1 aliphatic carbocycles. The molecule has 0 radical (unpaired) electrons. The zero-order chi connectivity index (χ0) is 13.8. The fourth-order valence-electron chi connectivity index (χ4n) is 1.76. The van der Waals surface area contributed by atoms with Gasteiger partial charge < -0.3 is 4.74 Å². The Balaban J connectivity index is 2.15. The van der Waals surface area contributed by atoms with Gasteiger partial charge in [0.25, 0.3) is 0 Å². The van der Waals surface area contributed by atoms with E-state index in [0.29, 0.717) is 18.2 Å². The molecule has 1 aromatic rings. The third-order valence-electron chi connectivity index (χ3n) is 2.94. The molecule has 6 heteroatoms. The SMILES string of the molecule is CCOC(=O)C(NCC1CC1)c1ncc(Br)cc1Br. The summed E-state index contributed by atoms with van der Waals surface area (Å²) in [6.45, 7) is 3.00. The molecular weight excluding hydrogens is 376 g/mol. The highest BCUT2D eigenvalue weighted by Gasteiger charge is 2.29. The van der Waals surface area contributed by atoms with Crippen molar-refractivity contribution >= 4 is 37.8 Å². The topological polar surface area (TPSA) is 51.2 Å². The predicted octanol–water partition coefficient (Wildman–Crippen LogP) is 3.21. The lowest BCUT2D eigenvalue weighted by molar-refractivity contribution is -0.146. The van der Waals surface area contributed by atoms with Crippen LogP contribution in [0.15, 0.2) is 21.2 Å². The fraction of sp³-hybridized carbons (Fsp3) is 0.538. The van der Waals surface area contributed by atoms with E-state index in [0.717, 1.165) is 15.5 Å². The Kier molecular flexibility index (Phi) is 5.36. The van der Waals surface area contributed by atoms with Crippen LogP contribution in [0.5, 0.6) is 0 Å². The monoisotopic (exact) mass is 390 g/mol. The van der Waals surface area contributed by atoms with E-state index < -0.39 is 6.04 Å². The molecule has 1 unspecified atom stereocenters. The van der Waals surface area contributed by atoms with Gasteiger partial charge in [-0.15, -0.1) is 0 Å². The van der Waals surface area contributed by atoms with Gasteiger partial charge in [-0.2, -0.15) is 0 Å². The molecule has 1 N–H and O–H groups in total. The van der Waals surface area contributed by atoms with E-state index in [2.05, 4.69) is 42.2 Å². The maximum absolute atomic E-state index is 12.1. The second-order valence-corrected chi connectivity index (χ2v) is 6.33. The van der Waals surface area contributed by atoms with Gasteiger partial charge in [-0.25, -0.2) is 4.79 Å². The van der Waals surface area contributed by atoms with E-state index in [1.807, 2.05) is 6.07 Å². The van der Waals surface area contributed by atoms with Crippen molar-refractivity contribution in [3.63, 3.8) is 0 Å². The second kappa shape index (κ2) is 6.81. The first-order valence-electron chi connectivity index (χ1n) is 6.32.